The maximum atomic E-state index is 11.7. The molecule has 0 aliphatic heterocycles. The molecule has 0 radical (unpaired) electrons. The monoisotopic (exact) mass is 242 g/mol. The van der Waals surface area contributed by atoms with E-state index < -0.39 is 0 Å². The van der Waals surface area contributed by atoms with Crippen LogP contribution in [-0.2, 0) is 5.41 Å². The molecule has 5 nitrogen and oxygen atoms in total. The Morgan fingerprint density at radius 2 is 2.06 bits per heavy atom. The minimum atomic E-state index is -0.277. The average molecular weight is 242 g/mol. The van der Waals surface area contributed by atoms with Gasteiger partial charge in [-0.05, 0) is 13.0 Å². The molecule has 16 heavy (non-hydrogen) atoms. The van der Waals surface area contributed by atoms with Crippen LogP contribution < -0.4 is 11.3 Å². The van der Waals surface area contributed by atoms with Crippen LogP contribution in [0.5, 0.6) is 0 Å². The van der Waals surface area contributed by atoms with Gasteiger partial charge in [-0.2, -0.15) is 0 Å². The fourth-order valence-electron chi connectivity index (χ4n) is 1.13. The van der Waals surface area contributed by atoms with Gasteiger partial charge >= 0.3 is 0 Å². The third kappa shape index (κ3) is 3.61. The van der Waals surface area contributed by atoms with Crippen LogP contribution in [0.2, 0.25) is 0 Å². The molecule has 0 spiro atoms. The van der Waals surface area contributed by atoms with E-state index in [0.29, 0.717) is 17.4 Å². The number of aromatic nitrogens is 3. The van der Waals surface area contributed by atoms with Crippen molar-refractivity contribution in [2.24, 2.45) is 5.73 Å². The quantitative estimate of drug-likeness (QED) is 0.605. The first-order chi connectivity index (χ1) is 7.45. The van der Waals surface area contributed by atoms with Gasteiger partial charge in [-0.25, -0.2) is 0 Å². The molecule has 6 heteroatoms. The predicted molar refractivity (Wildman–Crippen MR) is 65.7 cm³/mol. The molecule has 0 fully saturated rings. The molecular formula is C10H18N4OS. The highest BCUT2D eigenvalue weighted by Crippen LogP contribution is 2.16. The minimum absolute atomic E-state index is 0.155. The Balaban J connectivity index is 2.80. The fourth-order valence-corrected chi connectivity index (χ4v) is 1.90. The number of hydrogen-bond donors (Lipinski definition) is 2. The van der Waals surface area contributed by atoms with Crippen molar-refractivity contribution in [2.75, 3.05) is 12.3 Å². The summed E-state index contributed by atoms with van der Waals surface area (Å²) in [4.78, 5) is 14.5. The van der Waals surface area contributed by atoms with Crippen molar-refractivity contribution < 1.29 is 0 Å². The van der Waals surface area contributed by atoms with Gasteiger partial charge in [0, 0.05) is 11.2 Å². The smallest absolute Gasteiger partial charge is 0.274 e. The van der Waals surface area contributed by atoms with E-state index >= 15 is 0 Å². The van der Waals surface area contributed by atoms with Gasteiger partial charge in [0.15, 0.2) is 5.16 Å². The van der Waals surface area contributed by atoms with Crippen molar-refractivity contribution >= 4 is 11.8 Å². The Morgan fingerprint density at radius 1 is 1.38 bits per heavy atom. The fraction of sp³-hybridized carbons (Fsp3) is 0.700. The Labute approximate surface area is 99.2 Å². The van der Waals surface area contributed by atoms with E-state index in [-0.39, 0.29) is 11.0 Å². The van der Waals surface area contributed by atoms with Crippen LogP contribution in [0.1, 0.15) is 32.9 Å². The number of nitrogens with one attached hydrogen (secondary N) is 1. The number of hydrogen-bond acceptors (Lipinski definition) is 5. The second-order valence-electron chi connectivity index (χ2n) is 4.55. The molecule has 0 aliphatic carbocycles. The van der Waals surface area contributed by atoms with Crippen molar-refractivity contribution in [2.45, 2.75) is 37.8 Å². The normalized spacial score (nSPS) is 11.8. The van der Waals surface area contributed by atoms with Gasteiger partial charge in [-0.1, -0.05) is 32.5 Å². The maximum absolute atomic E-state index is 11.7. The van der Waals surface area contributed by atoms with Crippen molar-refractivity contribution in [1.29, 1.82) is 0 Å². The summed E-state index contributed by atoms with van der Waals surface area (Å²) < 4.78 is 0. The lowest BCUT2D eigenvalue weighted by Crippen LogP contribution is -2.27. The second kappa shape index (κ2) is 5.45. The van der Waals surface area contributed by atoms with Gasteiger partial charge in [0.2, 0.25) is 0 Å². The SMILES string of the molecule is CC(C)(C)c1nnc(SCCCN)[nH]c1=O. The maximum Gasteiger partial charge on any atom is 0.274 e. The minimum Gasteiger partial charge on any atom is -0.330 e. The molecule has 1 heterocycles. The Kier molecular flexibility index (Phi) is 4.49. The first-order valence-corrected chi connectivity index (χ1v) is 6.24. The third-order valence-corrected chi connectivity index (χ3v) is 2.92. The molecule has 0 bridgehead atoms. The molecule has 1 aromatic heterocycles. The third-order valence-electron chi connectivity index (χ3n) is 1.97. The summed E-state index contributed by atoms with van der Waals surface area (Å²) in [7, 11) is 0. The molecule has 0 unspecified atom stereocenters. The first-order valence-electron chi connectivity index (χ1n) is 5.25. The van der Waals surface area contributed by atoms with Crippen molar-refractivity contribution in [1.82, 2.24) is 15.2 Å². The van der Waals surface area contributed by atoms with E-state index in [1.807, 2.05) is 20.8 Å². The summed E-state index contributed by atoms with van der Waals surface area (Å²) >= 11 is 1.47. The zero-order chi connectivity index (χ0) is 12.2. The first kappa shape index (κ1) is 13.2. The Bertz CT molecular complexity index is 397. The number of rotatable bonds is 4. The lowest BCUT2D eigenvalue weighted by atomic mass is 9.93. The molecule has 3 N–H and O–H groups in total. The number of H-pyrrole nitrogens is 1. The molecule has 0 atom stereocenters. The van der Waals surface area contributed by atoms with E-state index in [2.05, 4.69) is 15.2 Å². The van der Waals surface area contributed by atoms with Crippen LogP contribution >= 0.6 is 11.8 Å². The van der Waals surface area contributed by atoms with Crippen LogP contribution in [0.15, 0.2) is 9.95 Å². The van der Waals surface area contributed by atoms with E-state index in [1.54, 1.807) is 0 Å². The zero-order valence-corrected chi connectivity index (χ0v) is 10.7. The second-order valence-corrected chi connectivity index (χ2v) is 5.63. The van der Waals surface area contributed by atoms with E-state index in [4.69, 9.17) is 5.73 Å². The topological polar surface area (TPSA) is 84.7 Å². The molecule has 0 amide bonds. The van der Waals surface area contributed by atoms with E-state index in [1.165, 1.54) is 11.8 Å². The molecular weight excluding hydrogens is 224 g/mol. The van der Waals surface area contributed by atoms with Gasteiger partial charge in [-0.3, -0.25) is 9.78 Å². The van der Waals surface area contributed by atoms with Gasteiger partial charge in [0.1, 0.15) is 5.69 Å². The van der Waals surface area contributed by atoms with Gasteiger partial charge in [-0.15, -0.1) is 10.2 Å². The van der Waals surface area contributed by atoms with Crippen LogP contribution in [0.3, 0.4) is 0 Å². The van der Waals surface area contributed by atoms with Gasteiger partial charge in [0.05, 0.1) is 0 Å². The van der Waals surface area contributed by atoms with E-state index in [9.17, 15) is 4.79 Å². The zero-order valence-electron chi connectivity index (χ0n) is 9.91. The number of aromatic amines is 1. The van der Waals surface area contributed by atoms with Crippen molar-refractivity contribution in [3.05, 3.63) is 16.0 Å². The van der Waals surface area contributed by atoms with Crippen LogP contribution in [0, 0.1) is 0 Å². The highest BCUT2D eigenvalue weighted by molar-refractivity contribution is 7.99. The van der Waals surface area contributed by atoms with Crippen molar-refractivity contribution in [3.8, 4) is 0 Å². The summed E-state index contributed by atoms with van der Waals surface area (Å²) in [5.41, 5.74) is 5.42. The van der Waals surface area contributed by atoms with Gasteiger partial charge in [0.25, 0.3) is 5.56 Å². The summed E-state index contributed by atoms with van der Waals surface area (Å²) in [6.07, 6.45) is 0.898. The molecule has 0 saturated heterocycles. The standard InChI is InChI=1S/C10H18N4OS/c1-10(2,3)7-8(15)12-9(14-13-7)16-6-4-5-11/h4-6,11H2,1-3H3,(H,12,14,15). The van der Waals surface area contributed by atoms with Crippen LogP contribution in [0.25, 0.3) is 0 Å². The number of nitrogens with two attached hydrogens (primary N) is 1. The number of nitrogens with zero attached hydrogens (tertiary/aromatic N) is 2. The molecule has 0 aliphatic rings. The lowest BCUT2D eigenvalue weighted by molar-refractivity contribution is 0.536. The molecule has 1 rings (SSSR count). The highest BCUT2D eigenvalue weighted by Gasteiger charge is 2.20. The molecule has 90 valence electrons. The summed E-state index contributed by atoms with van der Waals surface area (Å²) in [6, 6.07) is 0. The van der Waals surface area contributed by atoms with Crippen molar-refractivity contribution in [3.63, 3.8) is 0 Å². The Hall–Kier alpha value is -0.880. The van der Waals surface area contributed by atoms with Crippen LogP contribution in [-0.4, -0.2) is 27.5 Å². The molecule has 0 saturated carbocycles. The van der Waals surface area contributed by atoms with Gasteiger partial charge < -0.3 is 5.73 Å². The highest BCUT2D eigenvalue weighted by atomic mass is 32.2. The molecule has 0 aromatic carbocycles. The van der Waals surface area contributed by atoms with Crippen LogP contribution in [0.4, 0.5) is 0 Å². The Morgan fingerprint density at radius 3 is 2.56 bits per heavy atom. The summed E-state index contributed by atoms with van der Waals surface area (Å²) in [6.45, 7) is 6.46. The largest absolute Gasteiger partial charge is 0.330 e. The average Bonchev–Trinajstić information content (AvgIpc) is 2.16. The lowest BCUT2D eigenvalue weighted by Gasteiger charge is -2.15. The summed E-state index contributed by atoms with van der Waals surface area (Å²) in [5, 5.41) is 8.54. The summed E-state index contributed by atoms with van der Waals surface area (Å²) in [5.74, 6) is 0.843. The predicted octanol–water partition coefficient (Wildman–Crippen LogP) is 0.903. The number of thioether (sulfide) groups is 1. The van der Waals surface area contributed by atoms with E-state index in [0.717, 1.165) is 12.2 Å². The molecule has 1 aromatic rings.